The molecule has 2 atom stereocenters. The molecule has 1 aromatic rings. The Bertz CT molecular complexity index is 977. The van der Waals surface area contributed by atoms with Gasteiger partial charge in [0.2, 0.25) is 11.8 Å². The topological polar surface area (TPSA) is 140 Å². The third kappa shape index (κ3) is 11.1. The number of likely N-dealkylation sites (tertiary alicyclic amines) is 1. The molecule has 0 aromatic heterocycles. The molecule has 0 spiro atoms. The van der Waals surface area contributed by atoms with E-state index in [-0.39, 0.29) is 41.3 Å². The van der Waals surface area contributed by atoms with Gasteiger partial charge >= 0.3 is 0 Å². The number of amides is 2. The number of nitrogens with zero attached hydrogens (tertiary/aromatic N) is 1. The highest BCUT2D eigenvalue weighted by Crippen LogP contribution is 2.26. The summed E-state index contributed by atoms with van der Waals surface area (Å²) in [4.78, 5) is 48.7. The summed E-state index contributed by atoms with van der Waals surface area (Å²) in [5.41, 5.74) is 7.22. The molecule has 2 amide bonds. The zero-order valence-corrected chi connectivity index (χ0v) is 24.6. The molecule has 0 radical (unpaired) electrons. The fourth-order valence-corrected chi connectivity index (χ4v) is 4.63. The van der Waals surface area contributed by atoms with Crippen LogP contribution in [0.5, 0.6) is 0 Å². The van der Waals surface area contributed by atoms with Crippen LogP contribution in [0.4, 0.5) is 5.69 Å². The minimum atomic E-state index is -0.141. The summed E-state index contributed by atoms with van der Waals surface area (Å²) in [5.74, 6) is -0.377. The summed E-state index contributed by atoms with van der Waals surface area (Å²) >= 11 is 0. The van der Waals surface area contributed by atoms with Gasteiger partial charge in [0.15, 0.2) is 11.6 Å². The average Bonchev–Trinajstić information content (AvgIpc) is 2.94. The Morgan fingerprint density at radius 2 is 1.77 bits per heavy atom. The number of ketones is 2. The van der Waals surface area contributed by atoms with Gasteiger partial charge in [0.1, 0.15) is 0 Å². The molecule has 3 rings (SSSR count). The number of carbonyl (C=O) groups is 4. The van der Waals surface area contributed by atoms with E-state index in [0.29, 0.717) is 56.9 Å². The normalized spacial score (nSPS) is 18.9. The second-order valence-electron chi connectivity index (χ2n) is 10.6. The zero-order valence-electron chi connectivity index (χ0n) is 24.6. The minimum absolute atomic E-state index is 0.0164. The Labute approximate surface area is 238 Å². The number of ether oxygens (including phenoxy) is 2. The largest absolute Gasteiger partial charge is 0.382 e. The first-order chi connectivity index (χ1) is 19.2. The Balaban J connectivity index is 0.000000526. The highest BCUT2D eigenvalue weighted by Gasteiger charge is 2.25. The highest BCUT2D eigenvalue weighted by molar-refractivity contribution is 6.12. The van der Waals surface area contributed by atoms with Gasteiger partial charge in [-0.1, -0.05) is 32.9 Å². The van der Waals surface area contributed by atoms with E-state index >= 15 is 0 Å². The lowest BCUT2D eigenvalue weighted by Gasteiger charge is -2.33. The van der Waals surface area contributed by atoms with Crippen LogP contribution in [0.15, 0.2) is 18.2 Å². The fraction of sp³-hybridized carbons (Fsp3) is 0.667. The maximum Gasteiger partial charge on any atom is 0.229 e. The number of anilines is 1. The summed E-state index contributed by atoms with van der Waals surface area (Å²) in [6.07, 6.45) is 3.93. The molecular formula is C30H48N4O6. The molecule has 0 bridgehead atoms. The number of piperidine rings is 2. The molecule has 4 N–H and O–H groups in total. The lowest BCUT2D eigenvalue weighted by atomic mass is 9.91. The van der Waals surface area contributed by atoms with Crippen LogP contribution in [-0.2, 0) is 19.1 Å². The van der Waals surface area contributed by atoms with Gasteiger partial charge in [-0.15, -0.1) is 0 Å². The standard InChI is InChI=1S/C24H39N3O4.C6H9NO2/c1-4-18(2)24(29)21-6-5-7-22(23(21)19(3)28)26-20-8-11-27(12-9-20)13-15-31-17-16-30-14-10-25;1-4-2-3-5(8)7-6(4)9/h5-7,18,20,26H,4,8-17,25H2,1-3H3;4H,2-3H2,1H3,(H,7,8,9). The molecule has 10 nitrogen and oxygen atoms in total. The van der Waals surface area contributed by atoms with Gasteiger partial charge in [-0.3, -0.25) is 24.5 Å². The minimum Gasteiger partial charge on any atom is -0.382 e. The third-order valence-electron chi connectivity index (χ3n) is 7.39. The molecule has 10 heteroatoms. The first-order valence-electron chi connectivity index (χ1n) is 14.5. The van der Waals surface area contributed by atoms with Gasteiger partial charge in [0.05, 0.1) is 32.0 Å². The molecule has 2 aliphatic rings. The van der Waals surface area contributed by atoms with Gasteiger partial charge in [0.25, 0.3) is 0 Å². The Kier molecular flexibility index (Phi) is 15.0. The van der Waals surface area contributed by atoms with Crippen molar-refractivity contribution in [3.63, 3.8) is 0 Å². The number of nitrogens with two attached hydrogens (primary N) is 1. The molecule has 0 saturated carbocycles. The number of carbonyl (C=O) groups excluding carboxylic acids is 4. The van der Waals surface area contributed by atoms with Crippen molar-refractivity contribution in [3.8, 4) is 0 Å². The van der Waals surface area contributed by atoms with Crippen molar-refractivity contribution < 1.29 is 28.7 Å². The summed E-state index contributed by atoms with van der Waals surface area (Å²) < 4.78 is 10.9. The quantitative estimate of drug-likeness (QED) is 0.178. The number of benzene rings is 1. The van der Waals surface area contributed by atoms with Gasteiger partial charge in [-0.05, 0) is 38.7 Å². The van der Waals surface area contributed by atoms with Gasteiger partial charge < -0.3 is 25.4 Å². The maximum absolute atomic E-state index is 12.8. The number of Topliss-reactive ketones (excluding diaryl/α,β-unsaturated/α-hetero) is 2. The van der Waals surface area contributed by atoms with Crippen molar-refractivity contribution in [1.29, 1.82) is 0 Å². The van der Waals surface area contributed by atoms with Crippen molar-refractivity contribution in [2.24, 2.45) is 17.6 Å². The number of nitrogens with one attached hydrogen (secondary N) is 2. The van der Waals surface area contributed by atoms with Crippen molar-refractivity contribution >= 4 is 29.1 Å². The first kappa shape index (κ1) is 33.5. The van der Waals surface area contributed by atoms with E-state index in [0.717, 1.165) is 44.6 Å². The average molecular weight is 561 g/mol. The van der Waals surface area contributed by atoms with E-state index in [2.05, 4.69) is 15.5 Å². The molecular weight excluding hydrogens is 512 g/mol. The number of hydrogen-bond acceptors (Lipinski definition) is 9. The molecule has 2 saturated heterocycles. The lowest BCUT2D eigenvalue weighted by Crippen LogP contribution is -2.40. The van der Waals surface area contributed by atoms with E-state index in [4.69, 9.17) is 15.2 Å². The van der Waals surface area contributed by atoms with Crippen LogP contribution >= 0.6 is 0 Å². The van der Waals surface area contributed by atoms with Crippen molar-refractivity contribution in [3.05, 3.63) is 29.3 Å². The molecule has 224 valence electrons. The highest BCUT2D eigenvalue weighted by atomic mass is 16.5. The van der Waals surface area contributed by atoms with Crippen LogP contribution in [0.25, 0.3) is 0 Å². The van der Waals surface area contributed by atoms with Gasteiger partial charge in [-0.2, -0.15) is 0 Å². The third-order valence-corrected chi connectivity index (χ3v) is 7.39. The number of hydrogen-bond donors (Lipinski definition) is 3. The molecule has 2 heterocycles. The van der Waals surface area contributed by atoms with Crippen LogP contribution in [0.1, 0.15) is 80.5 Å². The van der Waals surface area contributed by atoms with E-state index < -0.39 is 0 Å². The lowest BCUT2D eigenvalue weighted by molar-refractivity contribution is -0.135. The van der Waals surface area contributed by atoms with E-state index in [9.17, 15) is 19.2 Å². The molecule has 2 fully saturated rings. The Morgan fingerprint density at radius 1 is 1.10 bits per heavy atom. The van der Waals surface area contributed by atoms with Gasteiger partial charge in [-0.25, -0.2) is 0 Å². The van der Waals surface area contributed by atoms with E-state index in [1.165, 1.54) is 6.92 Å². The van der Waals surface area contributed by atoms with E-state index in [1.54, 1.807) is 6.07 Å². The van der Waals surface area contributed by atoms with Crippen LogP contribution in [0.3, 0.4) is 0 Å². The molecule has 0 aliphatic carbocycles. The summed E-state index contributed by atoms with van der Waals surface area (Å²) in [5, 5.41) is 5.79. The first-order valence-corrected chi connectivity index (χ1v) is 14.5. The number of imide groups is 1. The summed E-state index contributed by atoms with van der Waals surface area (Å²) in [6.45, 7) is 13.1. The molecule has 40 heavy (non-hydrogen) atoms. The maximum atomic E-state index is 12.8. The molecule has 2 aliphatic heterocycles. The second-order valence-corrected chi connectivity index (χ2v) is 10.6. The Hall–Kier alpha value is -2.66. The van der Waals surface area contributed by atoms with Crippen LogP contribution in [0, 0.1) is 11.8 Å². The predicted octanol–water partition coefficient (Wildman–Crippen LogP) is 3.05. The Morgan fingerprint density at radius 3 is 2.35 bits per heavy atom. The fourth-order valence-electron chi connectivity index (χ4n) is 4.63. The van der Waals surface area contributed by atoms with Crippen molar-refractivity contribution in [2.45, 2.75) is 65.8 Å². The summed E-state index contributed by atoms with van der Waals surface area (Å²) in [7, 11) is 0. The van der Waals surface area contributed by atoms with Gasteiger partial charge in [0, 0.05) is 61.7 Å². The molecule has 2 unspecified atom stereocenters. The molecule has 1 aromatic carbocycles. The van der Waals surface area contributed by atoms with Crippen LogP contribution < -0.4 is 16.4 Å². The van der Waals surface area contributed by atoms with E-state index in [1.807, 2.05) is 32.9 Å². The zero-order chi connectivity index (χ0) is 29.5. The van der Waals surface area contributed by atoms with Crippen molar-refractivity contribution in [2.75, 3.05) is 57.9 Å². The SMILES string of the molecule is CC1CCC(=O)NC1=O.CCC(C)C(=O)c1cccc(NC2CCN(CCOCCOCCN)CC2)c1C(C)=O. The van der Waals surface area contributed by atoms with Crippen LogP contribution in [0.2, 0.25) is 0 Å². The predicted molar refractivity (Wildman–Crippen MR) is 156 cm³/mol. The van der Waals surface area contributed by atoms with Crippen molar-refractivity contribution in [1.82, 2.24) is 10.2 Å². The second kappa shape index (κ2) is 17.9. The number of rotatable bonds is 14. The summed E-state index contributed by atoms with van der Waals surface area (Å²) in [6, 6.07) is 5.85. The van der Waals surface area contributed by atoms with Crippen LogP contribution in [-0.4, -0.2) is 86.9 Å². The monoisotopic (exact) mass is 560 g/mol. The smallest absolute Gasteiger partial charge is 0.229 e.